The van der Waals surface area contributed by atoms with E-state index in [0.717, 1.165) is 53.1 Å². The number of aromatic nitrogens is 3. The molecule has 5 rings (SSSR count). The van der Waals surface area contributed by atoms with E-state index in [9.17, 15) is 14.4 Å². The number of amides is 2. The maximum absolute atomic E-state index is 13.2. The molecule has 0 atom stereocenters. The van der Waals surface area contributed by atoms with E-state index in [1.165, 1.54) is 23.1 Å². The Balaban J connectivity index is 1.34. The Bertz CT molecular complexity index is 1650. The molecule has 0 aliphatic heterocycles. The van der Waals surface area contributed by atoms with Crippen molar-refractivity contribution in [1.82, 2.24) is 20.1 Å². The van der Waals surface area contributed by atoms with Gasteiger partial charge in [0.2, 0.25) is 5.91 Å². The largest absolute Gasteiger partial charge is 0.494 e. The number of benzene rings is 2. The number of hydrogen-bond acceptors (Lipinski definition) is 9. The van der Waals surface area contributed by atoms with E-state index in [2.05, 4.69) is 20.8 Å². The predicted octanol–water partition coefficient (Wildman–Crippen LogP) is 5.75. The molecule has 0 unspecified atom stereocenters. The number of esters is 1. The molecule has 0 saturated carbocycles. The third-order valence-electron chi connectivity index (χ3n) is 7.03. The Morgan fingerprint density at radius 1 is 1.02 bits per heavy atom. The van der Waals surface area contributed by atoms with Crippen LogP contribution >= 0.6 is 23.1 Å². The van der Waals surface area contributed by atoms with Crippen LogP contribution < -0.4 is 15.4 Å². The standard InChI is InChI=1S/C32H35N5O5S2/c1-4-41-23-15-13-22(14-16-23)37-26(18-33-29(39)21-10-8-9-20(3)17-21)35-36-32(37)43-19-27(38)34-30-28(31(40)42-5-2)24-11-6-7-12-25(24)44-30/h8-10,13-17H,4-7,11-12,18-19H2,1-3H3,(H,33,39)(H,34,38). The molecule has 4 aromatic rings. The van der Waals surface area contributed by atoms with Gasteiger partial charge in [-0.25, -0.2) is 4.79 Å². The second-order valence-corrected chi connectivity index (χ2v) is 12.2. The van der Waals surface area contributed by atoms with E-state index in [1.54, 1.807) is 13.0 Å². The van der Waals surface area contributed by atoms with Gasteiger partial charge < -0.3 is 20.1 Å². The number of hydrogen-bond donors (Lipinski definition) is 2. The van der Waals surface area contributed by atoms with Gasteiger partial charge in [-0.1, -0.05) is 29.5 Å². The number of aryl methyl sites for hydroxylation is 2. The van der Waals surface area contributed by atoms with Crippen LogP contribution in [-0.4, -0.2) is 51.5 Å². The van der Waals surface area contributed by atoms with E-state index in [0.29, 0.717) is 33.7 Å². The lowest BCUT2D eigenvalue weighted by Crippen LogP contribution is -2.24. The number of thioether (sulfide) groups is 1. The van der Waals surface area contributed by atoms with E-state index < -0.39 is 5.97 Å². The third-order valence-corrected chi connectivity index (χ3v) is 9.17. The monoisotopic (exact) mass is 633 g/mol. The third kappa shape index (κ3) is 7.31. The normalized spacial score (nSPS) is 12.3. The SMILES string of the molecule is CCOC(=O)c1c(NC(=O)CSc2nnc(CNC(=O)c3cccc(C)c3)n2-c2ccc(OCC)cc2)sc2c1CCCC2. The van der Waals surface area contributed by atoms with Crippen molar-refractivity contribution in [3.63, 3.8) is 0 Å². The molecule has 2 aromatic carbocycles. The molecule has 2 heterocycles. The van der Waals surface area contributed by atoms with Gasteiger partial charge in [-0.15, -0.1) is 21.5 Å². The fourth-order valence-electron chi connectivity index (χ4n) is 5.04. The lowest BCUT2D eigenvalue weighted by molar-refractivity contribution is -0.113. The zero-order valence-corrected chi connectivity index (χ0v) is 26.6. The average Bonchev–Trinajstić information content (AvgIpc) is 3.60. The van der Waals surface area contributed by atoms with Crippen LogP contribution in [0.25, 0.3) is 5.69 Å². The minimum absolute atomic E-state index is 0.0373. The molecule has 12 heteroatoms. The molecule has 0 bridgehead atoms. The number of thiophene rings is 1. The minimum Gasteiger partial charge on any atom is -0.494 e. The summed E-state index contributed by atoms with van der Waals surface area (Å²) in [7, 11) is 0. The van der Waals surface area contributed by atoms with Gasteiger partial charge in [0.25, 0.3) is 5.91 Å². The fraction of sp³-hybridized carbons (Fsp3) is 0.344. The van der Waals surface area contributed by atoms with Gasteiger partial charge in [0.05, 0.1) is 31.1 Å². The van der Waals surface area contributed by atoms with Crippen molar-refractivity contribution in [2.24, 2.45) is 0 Å². The first kappa shape index (κ1) is 31.3. The zero-order chi connectivity index (χ0) is 31.1. The number of carbonyl (C=O) groups excluding carboxylic acids is 3. The quantitative estimate of drug-likeness (QED) is 0.149. The lowest BCUT2D eigenvalue weighted by atomic mass is 9.95. The molecule has 0 radical (unpaired) electrons. The van der Waals surface area contributed by atoms with Crippen LogP contribution in [0.4, 0.5) is 5.00 Å². The highest BCUT2D eigenvalue weighted by Gasteiger charge is 2.27. The smallest absolute Gasteiger partial charge is 0.341 e. The number of fused-ring (bicyclic) bond motifs is 1. The van der Waals surface area contributed by atoms with Crippen LogP contribution in [0, 0.1) is 6.92 Å². The summed E-state index contributed by atoms with van der Waals surface area (Å²) >= 11 is 2.67. The fourth-order valence-corrected chi connectivity index (χ4v) is 7.10. The first-order valence-corrected chi connectivity index (χ1v) is 16.4. The summed E-state index contributed by atoms with van der Waals surface area (Å²) in [5.41, 5.74) is 3.78. The van der Waals surface area contributed by atoms with E-state index in [4.69, 9.17) is 9.47 Å². The molecule has 0 saturated heterocycles. The molecule has 44 heavy (non-hydrogen) atoms. The van der Waals surface area contributed by atoms with Crippen molar-refractivity contribution in [3.05, 3.63) is 81.5 Å². The van der Waals surface area contributed by atoms with E-state index >= 15 is 0 Å². The van der Waals surface area contributed by atoms with Crippen molar-refractivity contribution < 1.29 is 23.9 Å². The first-order valence-electron chi connectivity index (χ1n) is 14.6. The average molecular weight is 634 g/mol. The van der Waals surface area contributed by atoms with E-state index in [1.807, 2.05) is 60.9 Å². The van der Waals surface area contributed by atoms with Gasteiger partial charge in [0.15, 0.2) is 11.0 Å². The first-order chi connectivity index (χ1) is 21.4. The Morgan fingerprint density at radius 3 is 2.57 bits per heavy atom. The number of nitrogens with zero attached hydrogens (tertiary/aromatic N) is 3. The molecule has 0 fully saturated rings. The second kappa shape index (κ2) is 14.5. The highest BCUT2D eigenvalue weighted by atomic mass is 32.2. The molecule has 2 N–H and O–H groups in total. The molecule has 10 nitrogen and oxygen atoms in total. The van der Waals surface area contributed by atoms with Crippen LogP contribution in [0.5, 0.6) is 5.75 Å². The minimum atomic E-state index is -0.401. The van der Waals surface area contributed by atoms with Gasteiger partial charge in [-0.2, -0.15) is 0 Å². The number of rotatable bonds is 12. The molecular formula is C32H35N5O5S2. The number of anilines is 1. The summed E-state index contributed by atoms with van der Waals surface area (Å²) in [6.45, 7) is 6.57. The molecule has 1 aliphatic carbocycles. The Morgan fingerprint density at radius 2 is 1.82 bits per heavy atom. The summed E-state index contributed by atoms with van der Waals surface area (Å²) in [5, 5.41) is 15.6. The molecule has 2 aromatic heterocycles. The zero-order valence-electron chi connectivity index (χ0n) is 25.0. The summed E-state index contributed by atoms with van der Waals surface area (Å²) in [6, 6.07) is 14.8. The Hall–Kier alpha value is -4.16. The van der Waals surface area contributed by atoms with Crippen LogP contribution in [0.15, 0.2) is 53.7 Å². The molecular weight excluding hydrogens is 599 g/mol. The lowest BCUT2D eigenvalue weighted by Gasteiger charge is -2.13. The van der Waals surface area contributed by atoms with Crippen molar-refractivity contribution in [3.8, 4) is 11.4 Å². The van der Waals surface area contributed by atoms with Crippen molar-refractivity contribution in [2.45, 2.75) is 58.2 Å². The molecule has 2 amide bonds. The van der Waals surface area contributed by atoms with Gasteiger partial charge in [-0.05, 0) is 88.4 Å². The van der Waals surface area contributed by atoms with Gasteiger partial charge in [0.1, 0.15) is 10.8 Å². The topological polar surface area (TPSA) is 124 Å². The summed E-state index contributed by atoms with van der Waals surface area (Å²) in [5.74, 6) is 0.379. The number of carbonyl (C=O) groups is 3. The number of ether oxygens (including phenoxy) is 2. The Kier molecular flexibility index (Phi) is 10.3. The van der Waals surface area contributed by atoms with Gasteiger partial charge in [-0.3, -0.25) is 14.2 Å². The van der Waals surface area contributed by atoms with Crippen molar-refractivity contribution >= 4 is 45.9 Å². The Labute approximate surface area is 264 Å². The molecule has 230 valence electrons. The van der Waals surface area contributed by atoms with Gasteiger partial charge in [0, 0.05) is 16.1 Å². The maximum Gasteiger partial charge on any atom is 0.341 e. The van der Waals surface area contributed by atoms with Crippen LogP contribution in [0.1, 0.15) is 69.2 Å². The van der Waals surface area contributed by atoms with Crippen molar-refractivity contribution in [1.29, 1.82) is 0 Å². The van der Waals surface area contributed by atoms with E-state index in [-0.39, 0.29) is 30.7 Å². The predicted molar refractivity (Wildman–Crippen MR) is 171 cm³/mol. The number of nitrogens with one attached hydrogen (secondary N) is 2. The summed E-state index contributed by atoms with van der Waals surface area (Å²) in [4.78, 5) is 40.0. The van der Waals surface area contributed by atoms with Crippen LogP contribution in [0.2, 0.25) is 0 Å². The second-order valence-electron chi connectivity index (χ2n) is 10.2. The molecule has 0 spiro atoms. The van der Waals surface area contributed by atoms with Crippen LogP contribution in [0.3, 0.4) is 0 Å². The van der Waals surface area contributed by atoms with Gasteiger partial charge >= 0.3 is 5.97 Å². The highest BCUT2D eigenvalue weighted by Crippen LogP contribution is 2.39. The maximum atomic E-state index is 13.2. The summed E-state index contributed by atoms with van der Waals surface area (Å²) < 4.78 is 12.7. The molecule has 1 aliphatic rings. The van der Waals surface area contributed by atoms with Crippen LogP contribution in [-0.2, 0) is 28.9 Å². The van der Waals surface area contributed by atoms with Crippen molar-refractivity contribution in [2.75, 3.05) is 24.3 Å². The highest BCUT2D eigenvalue weighted by molar-refractivity contribution is 7.99. The summed E-state index contributed by atoms with van der Waals surface area (Å²) in [6.07, 6.45) is 3.77.